The first kappa shape index (κ1) is 19.0. The molecule has 1 saturated heterocycles. The van der Waals surface area contributed by atoms with Gasteiger partial charge >= 0.3 is 0 Å². The molecule has 8 heteroatoms. The van der Waals surface area contributed by atoms with Crippen LogP contribution in [0.2, 0.25) is 0 Å². The van der Waals surface area contributed by atoms with Crippen LogP contribution >= 0.6 is 11.8 Å². The summed E-state index contributed by atoms with van der Waals surface area (Å²) in [6.07, 6.45) is 1.95. The largest absolute Gasteiger partial charge is 0.486 e. The molecule has 1 N–H and O–H groups in total. The Hall–Kier alpha value is -3.00. The molecule has 2 aromatic carbocycles. The highest BCUT2D eigenvalue weighted by Gasteiger charge is 2.31. The molecule has 0 saturated carbocycles. The molecular weight excluding hydrogens is 400 g/mol. The molecule has 1 fully saturated rings. The molecule has 0 radical (unpaired) electrons. The molecule has 5 rings (SSSR count). The third-order valence-electron chi connectivity index (χ3n) is 5.36. The summed E-state index contributed by atoms with van der Waals surface area (Å²) < 4.78 is 11.3. The average Bonchev–Trinajstić information content (AvgIpc) is 3.48. The van der Waals surface area contributed by atoms with E-state index in [4.69, 9.17) is 9.47 Å². The van der Waals surface area contributed by atoms with Crippen molar-refractivity contribution in [1.29, 1.82) is 0 Å². The second kappa shape index (κ2) is 8.39. The minimum absolute atomic E-state index is 0.0703. The van der Waals surface area contributed by atoms with Gasteiger partial charge in [-0.1, -0.05) is 48.2 Å². The summed E-state index contributed by atoms with van der Waals surface area (Å²) >= 11 is 1.36. The number of aromatic amines is 1. The van der Waals surface area contributed by atoms with Gasteiger partial charge in [0.1, 0.15) is 13.2 Å². The van der Waals surface area contributed by atoms with E-state index in [9.17, 15) is 4.79 Å². The molecule has 0 aliphatic carbocycles. The van der Waals surface area contributed by atoms with Crippen LogP contribution in [-0.4, -0.2) is 51.5 Å². The molecule has 7 nitrogen and oxygen atoms in total. The predicted molar refractivity (Wildman–Crippen MR) is 114 cm³/mol. The zero-order valence-corrected chi connectivity index (χ0v) is 17.2. The minimum Gasteiger partial charge on any atom is -0.486 e. The number of H-pyrrole nitrogens is 1. The SMILES string of the molecule is O=C(CSc1n[nH]c(-c2ccccc2)n1)N1CCCC1c1ccc2c(c1)OCCO2. The molecule has 1 amide bonds. The van der Waals surface area contributed by atoms with E-state index >= 15 is 0 Å². The van der Waals surface area contributed by atoms with E-state index in [0.717, 1.165) is 42.0 Å². The molecule has 3 aromatic rings. The van der Waals surface area contributed by atoms with Gasteiger partial charge in [-0.3, -0.25) is 9.89 Å². The number of likely N-dealkylation sites (tertiary alicyclic amines) is 1. The highest BCUT2D eigenvalue weighted by Crippen LogP contribution is 2.38. The lowest BCUT2D eigenvalue weighted by Gasteiger charge is -2.26. The Bertz CT molecular complexity index is 1040. The van der Waals surface area contributed by atoms with E-state index in [1.807, 2.05) is 53.4 Å². The Morgan fingerprint density at radius 1 is 1.13 bits per heavy atom. The fourth-order valence-corrected chi connectivity index (χ4v) is 4.61. The van der Waals surface area contributed by atoms with Crippen LogP contribution in [-0.2, 0) is 4.79 Å². The number of nitrogens with zero attached hydrogens (tertiary/aromatic N) is 3. The first-order valence-corrected chi connectivity index (χ1v) is 11.1. The van der Waals surface area contributed by atoms with Crippen LogP contribution in [0.25, 0.3) is 11.4 Å². The van der Waals surface area contributed by atoms with E-state index in [1.54, 1.807) is 0 Å². The Labute approximate surface area is 178 Å². The number of carbonyl (C=O) groups is 1. The smallest absolute Gasteiger partial charge is 0.233 e. The van der Waals surface area contributed by atoms with Gasteiger partial charge in [-0.2, -0.15) is 0 Å². The van der Waals surface area contributed by atoms with Crippen molar-refractivity contribution in [2.45, 2.75) is 24.0 Å². The molecule has 1 aromatic heterocycles. The van der Waals surface area contributed by atoms with E-state index < -0.39 is 0 Å². The molecule has 2 aliphatic heterocycles. The van der Waals surface area contributed by atoms with Crippen molar-refractivity contribution in [3.05, 3.63) is 54.1 Å². The lowest BCUT2D eigenvalue weighted by molar-refractivity contribution is -0.129. The zero-order chi connectivity index (χ0) is 20.3. The van der Waals surface area contributed by atoms with Gasteiger partial charge in [0.15, 0.2) is 17.3 Å². The number of fused-ring (bicyclic) bond motifs is 1. The summed E-state index contributed by atoms with van der Waals surface area (Å²) in [5.41, 5.74) is 2.07. The number of hydrogen-bond donors (Lipinski definition) is 1. The summed E-state index contributed by atoms with van der Waals surface area (Å²) in [4.78, 5) is 19.4. The van der Waals surface area contributed by atoms with Crippen LogP contribution in [0, 0.1) is 0 Å². The number of ether oxygens (including phenoxy) is 2. The maximum Gasteiger partial charge on any atom is 0.233 e. The second-order valence-corrected chi connectivity index (χ2v) is 8.21. The summed E-state index contributed by atoms with van der Waals surface area (Å²) in [7, 11) is 0. The lowest BCUT2D eigenvalue weighted by Crippen LogP contribution is -2.32. The second-order valence-electron chi connectivity index (χ2n) is 7.27. The topological polar surface area (TPSA) is 80.3 Å². The van der Waals surface area contributed by atoms with Crippen LogP contribution in [0.5, 0.6) is 11.5 Å². The van der Waals surface area contributed by atoms with E-state index in [-0.39, 0.29) is 11.9 Å². The monoisotopic (exact) mass is 422 g/mol. The standard InChI is InChI=1S/C22H22N4O3S/c27-20(14-30-22-23-21(24-25-22)15-5-2-1-3-6-15)26-10-4-7-17(26)16-8-9-18-19(13-16)29-12-11-28-18/h1-3,5-6,8-9,13,17H,4,7,10-12,14H2,(H,23,24,25). The Kier molecular flexibility index (Phi) is 5.31. The number of aromatic nitrogens is 3. The summed E-state index contributed by atoms with van der Waals surface area (Å²) in [6, 6.07) is 15.9. The Balaban J connectivity index is 1.24. The fraction of sp³-hybridized carbons (Fsp3) is 0.318. The highest BCUT2D eigenvalue weighted by molar-refractivity contribution is 7.99. The molecule has 1 unspecified atom stereocenters. The molecule has 30 heavy (non-hydrogen) atoms. The normalized spacial score (nSPS) is 17.9. The predicted octanol–water partition coefficient (Wildman–Crippen LogP) is 3.70. The number of benzene rings is 2. The van der Waals surface area contributed by atoms with Crippen LogP contribution in [0.1, 0.15) is 24.4 Å². The van der Waals surface area contributed by atoms with Crippen LogP contribution in [0.3, 0.4) is 0 Å². The van der Waals surface area contributed by atoms with Crippen LogP contribution < -0.4 is 9.47 Å². The van der Waals surface area contributed by atoms with Gasteiger partial charge < -0.3 is 14.4 Å². The number of hydrogen-bond acceptors (Lipinski definition) is 6. The number of thioether (sulfide) groups is 1. The first-order chi connectivity index (χ1) is 14.8. The fourth-order valence-electron chi connectivity index (χ4n) is 3.92. The van der Waals surface area contributed by atoms with Crippen molar-refractivity contribution in [3.8, 4) is 22.9 Å². The number of carbonyl (C=O) groups excluding carboxylic acids is 1. The molecule has 0 bridgehead atoms. The van der Waals surface area contributed by atoms with Gasteiger partial charge in [0.2, 0.25) is 11.1 Å². The first-order valence-electron chi connectivity index (χ1n) is 10.1. The van der Waals surface area contributed by atoms with Crippen LogP contribution in [0.4, 0.5) is 0 Å². The third kappa shape index (κ3) is 3.87. The lowest BCUT2D eigenvalue weighted by atomic mass is 10.0. The Morgan fingerprint density at radius 3 is 2.83 bits per heavy atom. The zero-order valence-electron chi connectivity index (χ0n) is 16.4. The van der Waals surface area contributed by atoms with Crippen molar-refractivity contribution >= 4 is 17.7 Å². The average molecular weight is 423 g/mol. The maximum atomic E-state index is 13.0. The Morgan fingerprint density at radius 2 is 1.97 bits per heavy atom. The van der Waals surface area contributed by atoms with Crippen molar-refractivity contribution in [2.24, 2.45) is 0 Å². The maximum absolute atomic E-state index is 13.0. The molecule has 1 atom stereocenters. The molecule has 3 heterocycles. The highest BCUT2D eigenvalue weighted by atomic mass is 32.2. The van der Waals surface area contributed by atoms with Crippen molar-refractivity contribution in [2.75, 3.05) is 25.5 Å². The van der Waals surface area contributed by atoms with Gasteiger partial charge in [0, 0.05) is 12.1 Å². The quantitative estimate of drug-likeness (QED) is 0.632. The summed E-state index contributed by atoms with van der Waals surface area (Å²) in [5, 5.41) is 7.77. The van der Waals surface area contributed by atoms with E-state index in [1.165, 1.54) is 11.8 Å². The van der Waals surface area contributed by atoms with Gasteiger partial charge in [-0.05, 0) is 30.5 Å². The summed E-state index contributed by atoms with van der Waals surface area (Å²) in [6.45, 7) is 1.90. The number of rotatable bonds is 5. The van der Waals surface area contributed by atoms with Gasteiger partial charge in [-0.15, -0.1) is 5.10 Å². The van der Waals surface area contributed by atoms with Crippen molar-refractivity contribution in [3.63, 3.8) is 0 Å². The molecular formula is C22H22N4O3S. The molecule has 0 spiro atoms. The van der Waals surface area contributed by atoms with Crippen LogP contribution in [0.15, 0.2) is 53.7 Å². The number of amides is 1. The molecule has 154 valence electrons. The minimum atomic E-state index is 0.0703. The van der Waals surface area contributed by atoms with E-state index in [2.05, 4.69) is 15.2 Å². The van der Waals surface area contributed by atoms with Gasteiger partial charge in [0.25, 0.3) is 0 Å². The summed E-state index contributed by atoms with van der Waals surface area (Å²) in [5.74, 6) is 2.66. The van der Waals surface area contributed by atoms with Gasteiger partial charge in [0.05, 0.1) is 11.8 Å². The van der Waals surface area contributed by atoms with Gasteiger partial charge in [-0.25, -0.2) is 4.98 Å². The number of nitrogens with one attached hydrogen (secondary N) is 1. The molecule has 2 aliphatic rings. The van der Waals surface area contributed by atoms with Crippen molar-refractivity contribution in [1.82, 2.24) is 20.1 Å². The van der Waals surface area contributed by atoms with E-state index in [0.29, 0.717) is 29.9 Å². The third-order valence-corrected chi connectivity index (χ3v) is 6.19. The van der Waals surface area contributed by atoms with Crippen molar-refractivity contribution < 1.29 is 14.3 Å².